The normalized spacial score (nSPS) is 23.1. The lowest BCUT2D eigenvalue weighted by atomic mass is 9.75. The van der Waals surface area contributed by atoms with Crippen LogP contribution in [0, 0.1) is 0 Å². The molecule has 2 aromatic rings. The third kappa shape index (κ3) is 3.13. The fraction of sp³-hybridized carbons (Fsp3) is 0.333. The van der Waals surface area contributed by atoms with E-state index in [0.29, 0.717) is 12.1 Å². The van der Waals surface area contributed by atoms with Crippen LogP contribution in [0.2, 0.25) is 0 Å². The molecule has 0 heterocycles. The second-order valence-corrected chi connectivity index (χ2v) is 6.63. The van der Waals surface area contributed by atoms with Gasteiger partial charge < -0.3 is 5.32 Å². The van der Waals surface area contributed by atoms with Crippen LogP contribution in [0.4, 0.5) is 0 Å². The lowest BCUT2D eigenvalue weighted by Gasteiger charge is -2.38. The zero-order valence-corrected chi connectivity index (χ0v) is 13.3. The minimum Gasteiger partial charge on any atom is -0.307 e. The van der Waals surface area contributed by atoms with Crippen LogP contribution in [0.3, 0.4) is 0 Å². The number of hydrogen-bond acceptors (Lipinski definition) is 1. The summed E-state index contributed by atoms with van der Waals surface area (Å²) in [6, 6.07) is 20.5. The van der Waals surface area contributed by atoms with Crippen LogP contribution in [0.5, 0.6) is 0 Å². The Kier molecular flexibility index (Phi) is 4.23. The Morgan fingerprint density at radius 1 is 1.05 bits per heavy atom. The molecule has 0 radical (unpaired) electrons. The predicted octanol–water partition coefficient (Wildman–Crippen LogP) is 5.05. The fourth-order valence-corrected chi connectivity index (χ4v) is 3.39. The van der Waals surface area contributed by atoms with Crippen molar-refractivity contribution in [3.05, 3.63) is 70.2 Å². The number of halogens is 1. The van der Waals surface area contributed by atoms with Crippen molar-refractivity contribution < 1.29 is 0 Å². The Labute approximate surface area is 129 Å². The van der Waals surface area contributed by atoms with Gasteiger partial charge in [-0.25, -0.2) is 0 Å². The summed E-state index contributed by atoms with van der Waals surface area (Å²) >= 11 is 3.54. The van der Waals surface area contributed by atoms with Crippen molar-refractivity contribution in [1.82, 2.24) is 5.32 Å². The van der Waals surface area contributed by atoms with Crippen molar-refractivity contribution in [3.63, 3.8) is 0 Å². The van der Waals surface area contributed by atoms with Gasteiger partial charge in [0.15, 0.2) is 0 Å². The van der Waals surface area contributed by atoms with Gasteiger partial charge in [-0.1, -0.05) is 58.4 Å². The Balaban J connectivity index is 1.54. The van der Waals surface area contributed by atoms with E-state index in [9.17, 15) is 0 Å². The van der Waals surface area contributed by atoms with Crippen molar-refractivity contribution in [2.45, 2.75) is 37.8 Å². The van der Waals surface area contributed by atoms with Crippen LogP contribution in [-0.2, 0) is 0 Å². The second-order valence-electron chi connectivity index (χ2n) is 5.72. The van der Waals surface area contributed by atoms with E-state index >= 15 is 0 Å². The van der Waals surface area contributed by atoms with Gasteiger partial charge in [0.05, 0.1) is 0 Å². The van der Waals surface area contributed by atoms with Crippen LogP contribution < -0.4 is 5.32 Å². The maximum absolute atomic E-state index is 3.74. The summed E-state index contributed by atoms with van der Waals surface area (Å²) in [6.45, 7) is 2.25. The average molecular weight is 330 g/mol. The van der Waals surface area contributed by atoms with E-state index in [1.54, 1.807) is 0 Å². The lowest BCUT2D eigenvalue weighted by molar-refractivity contribution is 0.271. The van der Waals surface area contributed by atoms with Crippen molar-refractivity contribution >= 4 is 15.9 Å². The molecule has 2 heteroatoms. The zero-order valence-electron chi connectivity index (χ0n) is 11.7. The minimum absolute atomic E-state index is 0.411. The summed E-state index contributed by atoms with van der Waals surface area (Å²) in [5.74, 6) is 0.739. The minimum atomic E-state index is 0.411. The Hall–Kier alpha value is -1.12. The molecule has 104 valence electrons. The molecule has 0 bridgehead atoms. The summed E-state index contributed by atoms with van der Waals surface area (Å²) < 4.78 is 1.15. The molecule has 1 fully saturated rings. The van der Waals surface area contributed by atoms with Gasteiger partial charge in [0, 0.05) is 16.6 Å². The predicted molar refractivity (Wildman–Crippen MR) is 87.9 cm³/mol. The number of rotatable bonds is 4. The van der Waals surface area contributed by atoms with Crippen LogP contribution in [0.1, 0.15) is 42.9 Å². The second kappa shape index (κ2) is 6.11. The smallest absolute Gasteiger partial charge is 0.0294 e. The van der Waals surface area contributed by atoms with E-state index in [1.165, 1.54) is 24.0 Å². The third-order valence-electron chi connectivity index (χ3n) is 4.24. The molecule has 1 saturated carbocycles. The van der Waals surface area contributed by atoms with E-state index in [0.717, 1.165) is 10.4 Å². The number of nitrogens with one attached hydrogen (secondary N) is 1. The maximum atomic E-state index is 3.74. The first-order chi connectivity index (χ1) is 9.72. The molecule has 1 aliphatic carbocycles. The van der Waals surface area contributed by atoms with Gasteiger partial charge in [0.25, 0.3) is 0 Å². The molecule has 20 heavy (non-hydrogen) atoms. The molecule has 1 aliphatic rings. The van der Waals surface area contributed by atoms with Gasteiger partial charge in [-0.05, 0) is 48.9 Å². The first kappa shape index (κ1) is 13.8. The quantitative estimate of drug-likeness (QED) is 0.827. The van der Waals surface area contributed by atoms with Crippen molar-refractivity contribution in [2.75, 3.05) is 0 Å². The summed E-state index contributed by atoms with van der Waals surface area (Å²) in [6.07, 6.45) is 2.50. The maximum Gasteiger partial charge on any atom is 0.0294 e. The van der Waals surface area contributed by atoms with E-state index in [2.05, 4.69) is 82.8 Å². The topological polar surface area (TPSA) is 12.0 Å². The highest BCUT2D eigenvalue weighted by molar-refractivity contribution is 9.10. The van der Waals surface area contributed by atoms with E-state index in [4.69, 9.17) is 0 Å². The first-order valence-corrected chi connectivity index (χ1v) is 8.08. The molecule has 0 unspecified atom stereocenters. The van der Waals surface area contributed by atoms with Gasteiger partial charge >= 0.3 is 0 Å². The zero-order chi connectivity index (χ0) is 13.9. The van der Waals surface area contributed by atoms with Crippen molar-refractivity contribution in [2.24, 2.45) is 0 Å². The molecule has 2 aromatic carbocycles. The largest absolute Gasteiger partial charge is 0.307 e. The van der Waals surface area contributed by atoms with Gasteiger partial charge in [-0.2, -0.15) is 0 Å². The molecule has 3 rings (SSSR count). The molecule has 0 aliphatic heterocycles. The number of benzene rings is 2. The summed E-state index contributed by atoms with van der Waals surface area (Å²) in [5.41, 5.74) is 2.84. The van der Waals surface area contributed by atoms with Crippen LogP contribution in [0.25, 0.3) is 0 Å². The van der Waals surface area contributed by atoms with Crippen molar-refractivity contribution in [1.29, 1.82) is 0 Å². The monoisotopic (exact) mass is 329 g/mol. The van der Waals surface area contributed by atoms with E-state index in [1.807, 2.05) is 0 Å². The molecule has 1 nitrogen and oxygen atoms in total. The average Bonchev–Trinajstić information content (AvgIpc) is 2.43. The van der Waals surface area contributed by atoms with Gasteiger partial charge in [-0.3, -0.25) is 0 Å². The highest BCUT2D eigenvalue weighted by Crippen LogP contribution is 2.37. The van der Waals surface area contributed by atoms with Gasteiger partial charge in [0.1, 0.15) is 0 Å². The molecular weight excluding hydrogens is 310 g/mol. The van der Waals surface area contributed by atoms with Crippen LogP contribution >= 0.6 is 15.9 Å². The van der Waals surface area contributed by atoms with E-state index < -0.39 is 0 Å². The summed E-state index contributed by atoms with van der Waals surface area (Å²) in [5, 5.41) is 3.74. The highest BCUT2D eigenvalue weighted by Gasteiger charge is 2.30. The standard InChI is InChI=1S/C18H20BrN/c1-13(15-8-5-9-17(19)10-15)20-18-11-16(12-18)14-6-3-2-4-7-14/h2-10,13,16,18,20H,11-12H2,1H3/t13-,16?,18?/m1/s1. The fourth-order valence-electron chi connectivity index (χ4n) is 2.98. The van der Waals surface area contributed by atoms with Gasteiger partial charge in [0.2, 0.25) is 0 Å². The first-order valence-electron chi connectivity index (χ1n) is 7.29. The molecule has 0 spiro atoms. The molecule has 0 aromatic heterocycles. The number of hydrogen-bond donors (Lipinski definition) is 1. The molecule has 1 atom stereocenters. The van der Waals surface area contributed by atoms with Crippen LogP contribution in [0.15, 0.2) is 59.1 Å². The summed E-state index contributed by atoms with van der Waals surface area (Å²) in [7, 11) is 0. The van der Waals surface area contributed by atoms with Gasteiger partial charge in [-0.15, -0.1) is 0 Å². The SMILES string of the molecule is C[C@@H](NC1CC(c2ccccc2)C1)c1cccc(Br)c1. The lowest BCUT2D eigenvalue weighted by Crippen LogP contribution is -2.41. The van der Waals surface area contributed by atoms with Crippen LogP contribution in [-0.4, -0.2) is 6.04 Å². The molecule has 0 amide bonds. The molecule has 1 N–H and O–H groups in total. The van der Waals surface area contributed by atoms with Crippen molar-refractivity contribution in [3.8, 4) is 0 Å². The summed E-state index contributed by atoms with van der Waals surface area (Å²) in [4.78, 5) is 0. The highest BCUT2D eigenvalue weighted by atomic mass is 79.9. The third-order valence-corrected chi connectivity index (χ3v) is 4.74. The van der Waals surface area contributed by atoms with E-state index in [-0.39, 0.29) is 0 Å². The molecule has 0 saturated heterocycles. The Morgan fingerprint density at radius 2 is 1.80 bits per heavy atom. The Morgan fingerprint density at radius 3 is 2.50 bits per heavy atom. The Bertz CT molecular complexity index is 561. The molecular formula is C18H20BrN.